The lowest BCUT2D eigenvalue weighted by atomic mass is 9.88. The number of carbonyl (C=O) groups is 2. The summed E-state index contributed by atoms with van der Waals surface area (Å²) in [6, 6.07) is 10.3. The molecule has 3 N–H and O–H groups in total. The van der Waals surface area contributed by atoms with E-state index in [0.717, 1.165) is 85.3 Å². The number of imidazole rings is 1. The van der Waals surface area contributed by atoms with E-state index in [2.05, 4.69) is 28.9 Å². The van der Waals surface area contributed by atoms with Crippen LogP contribution < -0.4 is 15.8 Å². The zero-order valence-electron chi connectivity index (χ0n) is 27.2. The summed E-state index contributed by atoms with van der Waals surface area (Å²) in [6.45, 7) is 4.95. The lowest BCUT2D eigenvalue weighted by Crippen LogP contribution is -2.40. The predicted octanol–water partition coefficient (Wildman–Crippen LogP) is 5.54. The maximum atomic E-state index is 13.8. The zero-order valence-corrected chi connectivity index (χ0v) is 27.2. The molecule has 2 aliphatic carbocycles. The molecule has 4 fully saturated rings. The molecule has 8 rings (SSSR count). The van der Waals surface area contributed by atoms with Gasteiger partial charge in [0.25, 0.3) is 5.91 Å². The van der Waals surface area contributed by atoms with Crippen LogP contribution in [0.2, 0.25) is 0 Å². The van der Waals surface area contributed by atoms with Crippen LogP contribution in [0.5, 0.6) is 5.88 Å². The maximum Gasteiger partial charge on any atom is 0.254 e. The molecule has 0 unspecified atom stereocenters. The van der Waals surface area contributed by atoms with Crippen LogP contribution in [-0.4, -0.2) is 60.9 Å². The second kappa shape index (κ2) is 11.4. The Morgan fingerprint density at radius 1 is 1.04 bits per heavy atom. The van der Waals surface area contributed by atoms with Crippen molar-refractivity contribution in [3.05, 3.63) is 47.3 Å². The maximum absolute atomic E-state index is 13.8. The number of amides is 2. The summed E-state index contributed by atoms with van der Waals surface area (Å²) in [5, 5.41) is 4.30. The fraction of sp³-hybridized carbons (Fsp3) is 0.556. The fourth-order valence-electron chi connectivity index (χ4n) is 8.39. The minimum Gasteiger partial charge on any atom is -0.482 e. The van der Waals surface area contributed by atoms with E-state index in [9.17, 15) is 9.59 Å². The molecule has 2 amide bonds. The number of fused-ring (bicyclic) bond motifs is 4. The summed E-state index contributed by atoms with van der Waals surface area (Å²) in [7, 11) is 1.64. The van der Waals surface area contributed by atoms with Crippen LogP contribution in [0, 0.1) is 18.8 Å². The first-order valence-corrected chi connectivity index (χ1v) is 17.3. The van der Waals surface area contributed by atoms with Gasteiger partial charge in [-0.1, -0.05) is 19.3 Å². The number of aryl methyl sites for hydroxylation is 1. The first-order chi connectivity index (χ1) is 22.3. The molecule has 10 heteroatoms. The van der Waals surface area contributed by atoms with Gasteiger partial charge in [-0.15, -0.1) is 0 Å². The number of methoxy groups -OCH3 is 1. The highest BCUT2D eigenvalue weighted by Crippen LogP contribution is 2.40. The lowest BCUT2D eigenvalue weighted by molar-refractivity contribution is -0.126. The summed E-state index contributed by atoms with van der Waals surface area (Å²) in [4.78, 5) is 39.1. The van der Waals surface area contributed by atoms with E-state index in [1.807, 2.05) is 34.4 Å². The van der Waals surface area contributed by atoms with E-state index in [4.69, 9.17) is 20.4 Å². The Hall–Kier alpha value is -3.92. The van der Waals surface area contributed by atoms with Crippen molar-refractivity contribution in [2.45, 2.75) is 109 Å². The topological polar surface area (TPSA) is 120 Å². The van der Waals surface area contributed by atoms with Crippen LogP contribution in [0.1, 0.15) is 98.9 Å². The highest BCUT2D eigenvalue weighted by Gasteiger charge is 2.47. The molecule has 10 nitrogen and oxygen atoms in total. The Morgan fingerprint density at radius 2 is 1.85 bits per heavy atom. The van der Waals surface area contributed by atoms with Crippen molar-refractivity contribution in [1.82, 2.24) is 29.2 Å². The molecule has 2 saturated heterocycles. The van der Waals surface area contributed by atoms with Crippen LogP contribution >= 0.6 is 0 Å². The standard InChI is InChI=1S/C36H45N7O3/c1-20(38-35(44)23-7-5-4-6-8-23)28-13-11-24-15-30(41(34(24)39-28)19-22-9-10-22)33-21(2)42-31(40-33)16-25(17-32(42)46-3)36(45)43-26-12-14-29(43)27(37)18-26/h11,13,15-17,20,22-23,26-27,29H,4-10,12,14,18-19,37H2,1-3H3,(H,38,44)/t20-,26+,27-,29-/m1/s1. The molecule has 0 radical (unpaired) electrons. The normalized spacial score (nSPS) is 23.8. The third-order valence-corrected chi connectivity index (χ3v) is 11.1. The van der Waals surface area contributed by atoms with Gasteiger partial charge >= 0.3 is 0 Å². The number of carbonyl (C=O) groups excluding carboxylic acids is 2. The Labute approximate surface area is 269 Å². The third kappa shape index (κ3) is 4.96. The van der Waals surface area contributed by atoms with E-state index in [1.54, 1.807) is 7.11 Å². The Balaban J connectivity index is 1.16. The number of nitrogens with two attached hydrogens (primary N) is 1. The molecular weight excluding hydrogens is 578 g/mol. The average molecular weight is 624 g/mol. The van der Waals surface area contributed by atoms with Crippen LogP contribution in [0.4, 0.5) is 0 Å². The number of hydrogen-bond donors (Lipinski definition) is 2. The van der Waals surface area contributed by atoms with Gasteiger partial charge in [0.05, 0.1) is 30.2 Å². The molecule has 0 aromatic carbocycles. The minimum atomic E-state index is -0.177. The van der Waals surface area contributed by atoms with Crippen LogP contribution in [-0.2, 0) is 11.3 Å². The number of rotatable bonds is 8. The highest BCUT2D eigenvalue weighted by molar-refractivity contribution is 5.97. The molecule has 4 aromatic heterocycles. The van der Waals surface area contributed by atoms with Crippen molar-refractivity contribution in [2.24, 2.45) is 17.6 Å². The van der Waals surface area contributed by atoms with Gasteiger partial charge < -0.3 is 25.3 Å². The van der Waals surface area contributed by atoms with Crippen molar-refractivity contribution < 1.29 is 14.3 Å². The summed E-state index contributed by atoms with van der Waals surface area (Å²) < 4.78 is 10.2. The monoisotopic (exact) mass is 623 g/mol. The molecule has 4 aromatic rings. The second-order valence-corrected chi connectivity index (χ2v) is 14.2. The summed E-state index contributed by atoms with van der Waals surface area (Å²) in [5.41, 5.74) is 12.2. The first kappa shape index (κ1) is 29.5. The lowest BCUT2D eigenvalue weighted by Gasteiger charge is -2.23. The van der Waals surface area contributed by atoms with Gasteiger partial charge in [0.2, 0.25) is 5.91 Å². The van der Waals surface area contributed by atoms with Gasteiger partial charge in [-0.25, -0.2) is 9.97 Å². The van der Waals surface area contributed by atoms with Gasteiger partial charge in [-0.2, -0.15) is 0 Å². The van der Waals surface area contributed by atoms with Crippen molar-refractivity contribution in [3.63, 3.8) is 0 Å². The highest BCUT2D eigenvalue weighted by atomic mass is 16.5. The molecular formula is C36H45N7O3. The summed E-state index contributed by atoms with van der Waals surface area (Å²) >= 11 is 0. The average Bonchev–Trinajstić information content (AvgIpc) is 3.38. The van der Waals surface area contributed by atoms with Gasteiger partial charge in [0, 0.05) is 47.6 Å². The summed E-state index contributed by atoms with van der Waals surface area (Å²) in [5.74, 6) is 1.46. The minimum absolute atomic E-state index is 0.00715. The fourth-order valence-corrected chi connectivity index (χ4v) is 8.39. The molecule has 242 valence electrons. The summed E-state index contributed by atoms with van der Waals surface area (Å²) in [6.07, 6.45) is 10.7. The molecule has 6 heterocycles. The number of nitrogens with one attached hydrogen (secondary N) is 1. The number of nitrogens with zero attached hydrogens (tertiary/aromatic N) is 5. The molecule has 46 heavy (non-hydrogen) atoms. The van der Waals surface area contributed by atoms with Gasteiger partial charge in [0.15, 0.2) is 5.88 Å². The first-order valence-electron chi connectivity index (χ1n) is 17.3. The van der Waals surface area contributed by atoms with Gasteiger partial charge in [-0.3, -0.25) is 14.0 Å². The van der Waals surface area contributed by atoms with Crippen molar-refractivity contribution in [2.75, 3.05) is 7.11 Å². The van der Waals surface area contributed by atoms with Crippen molar-refractivity contribution in [3.8, 4) is 17.3 Å². The molecule has 4 aliphatic rings. The molecule has 4 atom stereocenters. The van der Waals surface area contributed by atoms with Crippen molar-refractivity contribution in [1.29, 1.82) is 0 Å². The largest absolute Gasteiger partial charge is 0.482 e. The molecule has 2 aliphatic heterocycles. The van der Waals surface area contributed by atoms with E-state index < -0.39 is 0 Å². The van der Waals surface area contributed by atoms with Gasteiger partial charge in [-0.05, 0) is 89.0 Å². The SMILES string of the molecule is COc1cc(C(=O)N2[C@H]3CC[C@@H]2[C@H](N)C3)cc2nc(-c3cc4ccc([C@@H](C)NC(=O)C5CCCCC5)nc4n3CC3CC3)c(C)n12. The molecule has 2 saturated carbocycles. The van der Waals surface area contributed by atoms with Crippen molar-refractivity contribution >= 4 is 28.5 Å². The third-order valence-electron chi connectivity index (χ3n) is 11.1. The van der Waals surface area contributed by atoms with E-state index in [0.29, 0.717) is 23.0 Å². The number of ether oxygens (including phenoxy) is 1. The van der Waals surface area contributed by atoms with Crippen LogP contribution in [0.25, 0.3) is 28.1 Å². The zero-order chi connectivity index (χ0) is 31.7. The van der Waals surface area contributed by atoms with Crippen LogP contribution in [0.3, 0.4) is 0 Å². The van der Waals surface area contributed by atoms with E-state index in [-0.39, 0.29) is 41.9 Å². The number of aromatic nitrogens is 4. The Kier molecular flexibility index (Phi) is 7.31. The van der Waals surface area contributed by atoms with E-state index in [1.165, 1.54) is 19.3 Å². The second-order valence-electron chi connectivity index (χ2n) is 14.2. The number of hydrogen-bond acceptors (Lipinski definition) is 6. The van der Waals surface area contributed by atoms with Gasteiger partial charge in [0.1, 0.15) is 17.0 Å². The quantitative estimate of drug-likeness (QED) is 0.266. The Bertz CT molecular complexity index is 1830. The number of pyridine rings is 2. The smallest absolute Gasteiger partial charge is 0.254 e. The predicted molar refractivity (Wildman–Crippen MR) is 177 cm³/mol. The van der Waals surface area contributed by atoms with E-state index >= 15 is 0 Å². The van der Waals surface area contributed by atoms with Crippen LogP contribution in [0.15, 0.2) is 30.3 Å². The molecule has 0 spiro atoms. The Morgan fingerprint density at radius 3 is 2.54 bits per heavy atom. The molecule has 2 bridgehead atoms.